The maximum Gasteiger partial charge on any atom is 0.121 e. The van der Waals surface area contributed by atoms with E-state index in [1.165, 1.54) is 11.1 Å². The summed E-state index contributed by atoms with van der Waals surface area (Å²) in [7, 11) is 5.34. The topological polar surface area (TPSA) is 30.5 Å². The zero-order valence-electron chi connectivity index (χ0n) is 12.4. The lowest BCUT2D eigenvalue weighted by Gasteiger charge is -2.19. The van der Waals surface area contributed by atoms with Gasteiger partial charge in [-0.15, -0.1) is 0 Å². The molecule has 106 valence electrons. The van der Waals surface area contributed by atoms with Gasteiger partial charge in [-0.3, -0.25) is 0 Å². The molecule has 0 radical (unpaired) electrons. The van der Waals surface area contributed by atoms with Gasteiger partial charge in [0.25, 0.3) is 0 Å². The monoisotopic (exact) mass is 271 g/mol. The minimum absolute atomic E-state index is 0.158. The van der Waals surface area contributed by atoms with Gasteiger partial charge in [0, 0.05) is 0 Å². The van der Waals surface area contributed by atoms with Gasteiger partial charge in [0.15, 0.2) is 0 Å². The highest BCUT2D eigenvalue weighted by Crippen LogP contribution is 2.27. The summed E-state index contributed by atoms with van der Waals surface area (Å²) >= 11 is 0. The first-order chi connectivity index (χ1) is 9.69. The molecule has 1 N–H and O–H groups in total. The molecule has 0 fully saturated rings. The molecule has 0 spiro atoms. The maximum absolute atomic E-state index is 5.31. The third kappa shape index (κ3) is 2.94. The van der Waals surface area contributed by atoms with E-state index in [9.17, 15) is 0 Å². The molecule has 0 heterocycles. The van der Waals surface area contributed by atoms with Crippen molar-refractivity contribution in [1.29, 1.82) is 0 Å². The van der Waals surface area contributed by atoms with E-state index in [0.29, 0.717) is 0 Å². The molecule has 3 nitrogen and oxygen atoms in total. The van der Waals surface area contributed by atoms with E-state index >= 15 is 0 Å². The zero-order valence-corrected chi connectivity index (χ0v) is 12.4. The summed E-state index contributed by atoms with van der Waals surface area (Å²) in [4.78, 5) is 0. The van der Waals surface area contributed by atoms with Crippen LogP contribution in [0.25, 0.3) is 0 Å². The zero-order chi connectivity index (χ0) is 14.5. The molecule has 20 heavy (non-hydrogen) atoms. The van der Waals surface area contributed by atoms with E-state index in [1.54, 1.807) is 14.2 Å². The Kier molecular flexibility index (Phi) is 4.64. The Morgan fingerprint density at radius 2 is 1.55 bits per heavy atom. The molecule has 3 heteroatoms. The Balaban J connectivity index is 2.33. The molecular weight excluding hydrogens is 250 g/mol. The van der Waals surface area contributed by atoms with Crippen LogP contribution in [-0.4, -0.2) is 21.3 Å². The summed E-state index contributed by atoms with van der Waals surface area (Å²) in [6, 6.07) is 14.6. The lowest BCUT2D eigenvalue weighted by molar-refractivity contribution is 0.411. The number of hydrogen-bond acceptors (Lipinski definition) is 3. The predicted octanol–water partition coefficient (Wildman–Crippen LogP) is 3.32. The SMILES string of the molecule is CNC(c1ccc(OC)cc1)c1ccc(OC)c(C)c1. The van der Waals surface area contributed by atoms with E-state index in [2.05, 4.69) is 36.5 Å². The third-order valence-corrected chi connectivity index (χ3v) is 3.49. The molecule has 1 atom stereocenters. The number of hydrogen-bond donors (Lipinski definition) is 1. The van der Waals surface area contributed by atoms with Gasteiger partial charge in [-0.1, -0.05) is 24.3 Å². The van der Waals surface area contributed by atoms with Gasteiger partial charge >= 0.3 is 0 Å². The van der Waals surface area contributed by atoms with E-state index < -0.39 is 0 Å². The second-order valence-corrected chi connectivity index (χ2v) is 4.72. The normalized spacial score (nSPS) is 12.0. The Labute approximate surface area is 120 Å². The number of nitrogens with one attached hydrogen (secondary N) is 1. The number of rotatable bonds is 5. The maximum atomic E-state index is 5.31. The molecule has 0 aromatic heterocycles. The molecule has 0 aliphatic rings. The van der Waals surface area contributed by atoms with Crippen molar-refractivity contribution in [3.63, 3.8) is 0 Å². The van der Waals surface area contributed by atoms with E-state index in [-0.39, 0.29) is 6.04 Å². The van der Waals surface area contributed by atoms with Crippen LogP contribution in [0.3, 0.4) is 0 Å². The van der Waals surface area contributed by atoms with Crippen molar-refractivity contribution in [3.05, 3.63) is 59.2 Å². The van der Waals surface area contributed by atoms with Crippen LogP contribution >= 0.6 is 0 Å². The van der Waals surface area contributed by atoms with Crippen LogP contribution in [0.1, 0.15) is 22.7 Å². The number of aryl methyl sites for hydroxylation is 1. The van der Waals surface area contributed by atoms with Crippen molar-refractivity contribution in [1.82, 2.24) is 5.32 Å². The Hall–Kier alpha value is -2.00. The van der Waals surface area contributed by atoms with Gasteiger partial charge in [-0.05, 0) is 48.9 Å². The minimum atomic E-state index is 0.158. The van der Waals surface area contributed by atoms with Crippen molar-refractivity contribution < 1.29 is 9.47 Å². The second kappa shape index (κ2) is 6.44. The number of methoxy groups -OCH3 is 2. The quantitative estimate of drug-likeness (QED) is 0.905. The van der Waals surface area contributed by atoms with Crippen LogP contribution in [0.4, 0.5) is 0 Å². The molecule has 0 bridgehead atoms. The minimum Gasteiger partial charge on any atom is -0.497 e. The fraction of sp³-hybridized carbons (Fsp3) is 0.294. The van der Waals surface area contributed by atoms with Crippen LogP contribution in [0.15, 0.2) is 42.5 Å². The highest BCUT2D eigenvalue weighted by Gasteiger charge is 2.13. The lowest BCUT2D eigenvalue weighted by atomic mass is 9.97. The summed E-state index contributed by atoms with van der Waals surface area (Å²) < 4.78 is 10.5. The Morgan fingerprint density at radius 3 is 2.05 bits per heavy atom. The Bertz CT molecular complexity index is 564. The first kappa shape index (κ1) is 14.4. The van der Waals surface area contributed by atoms with Crippen molar-refractivity contribution in [2.75, 3.05) is 21.3 Å². The standard InChI is InChI=1S/C17H21NO2/c1-12-11-14(7-10-16(12)20-4)17(18-2)13-5-8-15(19-3)9-6-13/h5-11,17-18H,1-4H3. The van der Waals surface area contributed by atoms with Gasteiger partial charge in [-0.2, -0.15) is 0 Å². The van der Waals surface area contributed by atoms with Gasteiger partial charge < -0.3 is 14.8 Å². The smallest absolute Gasteiger partial charge is 0.121 e. The van der Waals surface area contributed by atoms with Crippen molar-refractivity contribution in [3.8, 4) is 11.5 Å². The summed E-state index contributed by atoms with van der Waals surface area (Å²) in [5.41, 5.74) is 3.56. The van der Waals surface area contributed by atoms with Gasteiger partial charge in [0.1, 0.15) is 11.5 Å². The molecule has 0 aliphatic carbocycles. The van der Waals surface area contributed by atoms with Gasteiger partial charge in [-0.25, -0.2) is 0 Å². The lowest BCUT2D eigenvalue weighted by Crippen LogP contribution is -2.17. The Morgan fingerprint density at radius 1 is 0.900 bits per heavy atom. The molecule has 1 unspecified atom stereocenters. The van der Waals surface area contributed by atoms with Crippen LogP contribution in [0, 0.1) is 6.92 Å². The predicted molar refractivity (Wildman–Crippen MR) is 81.6 cm³/mol. The number of ether oxygens (including phenoxy) is 2. The van der Waals surface area contributed by atoms with Crippen LogP contribution < -0.4 is 14.8 Å². The molecule has 0 amide bonds. The van der Waals surface area contributed by atoms with Crippen LogP contribution in [0.5, 0.6) is 11.5 Å². The fourth-order valence-electron chi connectivity index (χ4n) is 2.40. The number of benzene rings is 2. The van der Waals surface area contributed by atoms with E-state index in [0.717, 1.165) is 17.1 Å². The summed E-state index contributed by atoms with van der Waals surface area (Å²) in [5.74, 6) is 1.79. The summed E-state index contributed by atoms with van der Waals surface area (Å²) in [6.45, 7) is 2.06. The second-order valence-electron chi connectivity index (χ2n) is 4.72. The molecule has 0 saturated heterocycles. The van der Waals surface area contributed by atoms with Crippen LogP contribution in [0.2, 0.25) is 0 Å². The van der Waals surface area contributed by atoms with Gasteiger partial charge in [0.05, 0.1) is 20.3 Å². The van der Waals surface area contributed by atoms with Crippen molar-refractivity contribution in [2.45, 2.75) is 13.0 Å². The van der Waals surface area contributed by atoms with Crippen molar-refractivity contribution >= 4 is 0 Å². The highest BCUT2D eigenvalue weighted by atomic mass is 16.5. The van der Waals surface area contributed by atoms with E-state index in [1.807, 2.05) is 25.2 Å². The summed E-state index contributed by atoms with van der Waals surface area (Å²) in [6.07, 6.45) is 0. The molecule has 0 saturated carbocycles. The molecule has 2 aromatic rings. The fourth-order valence-corrected chi connectivity index (χ4v) is 2.40. The van der Waals surface area contributed by atoms with E-state index in [4.69, 9.17) is 9.47 Å². The average molecular weight is 271 g/mol. The van der Waals surface area contributed by atoms with Crippen molar-refractivity contribution in [2.24, 2.45) is 0 Å². The largest absolute Gasteiger partial charge is 0.497 e. The molecule has 2 rings (SSSR count). The first-order valence-corrected chi connectivity index (χ1v) is 6.65. The third-order valence-electron chi connectivity index (χ3n) is 3.49. The van der Waals surface area contributed by atoms with Crippen LogP contribution in [-0.2, 0) is 0 Å². The molecule has 0 aliphatic heterocycles. The molecular formula is C17H21NO2. The summed E-state index contributed by atoms with van der Waals surface area (Å²) in [5, 5.41) is 3.36. The first-order valence-electron chi connectivity index (χ1n) is 6.65. The highest BCUT2D eigenvalue weighted by molar-refractivity contribution is 5.41. The van der Waals surface area contributed by atoms with Gasteiger partial charge in [0.2, 0.25) is 0 Å². The average Bonchev–Trinajstić information content (AvgIpc) is 2.49. The molecule has 2 aromatic carbocycles.